The number of fused-ring (bicyclic) bond motifs is 1. The number of hydrogen-bond acceptors (Lipinski definition) is 3. The fraction of sp³-hybridized carbons (Fsp3) is 0. The molecule has 0 aliphatic rings. The Balaban J connectivity index is 0.000000198. The molecule has 3 rings (SSSR count). The first-order chi connectivity index (χ1) is 11.6. The zero-order valence-electron chi connectivity index (χ0n) is 12.9. The van der Waals surface area contributed by atoms with Gasteiger partial charge in [-0.1, -0.05) is 54.6 Å². The summed E-state index contributed by atoms with van der Waals surface area (Å²) in [5.74, 6) is -0.379. The van der Waals surface area contributed by atoms with Crippen LogP contribution in [-0.2, 0) is 0 Å². The standard InChI is InChI=1S/C11H11N3O.C7H7NO/c12-11(15)14-13-10-7-3-5-8-4-1-2-6-9(8)10;8-7(9)6-4-2-1-3-5-6/h1-7,13H,(H3,12,14,15);1-5H,(H2,8,9). The lowest BCUT2D eigenvalue weighted by atomic mass is 10.1. The monoisotopic (exact) mass is 322 g/mol. The summed E-state index contributed by atoms with van der Waals surface area (Å²) in [6.07, 6.45) is 0. The molecule has 6 nitrogen and oxygen atoms in total. The molecule has 6 heteroatoms. The number of benzene rings is 3. The molecule has 3 aromatic carbocycles. The molecule has 122 valence electrons. The van der Waals surface area contributed by atoms with E-state index in [0.717, 1.165) is 16.5 Å². The molecule has 3 amide bonds. The first kappa shape index (κ1) is 16.8. The number of nitrogens with one attached hydrogen (secondary N) is 2. The third-order valence-electron chi connectivity index (χ3n) is 3.17. The van der Waals surface area contributed by atoms with Crippen LogP contribution in [0.25, 0.3) is 10.8 Å². The average Bonchev–Trinajstić information content (AvgIpc) is 2.61. The van der Waals surface area contributed by atoms with Gasteiger partial charge >= 0.3 is 6.03 Å². The molecule has 0 saturated carbocycles. The molecule has 0 aliphatic carbocycles. The smallest absolute Gasteiger partial charge is 0.330 e. The normalized spacial score (nSPS) is 9.50. The summed E-state index contributed by atoms with van der Waals surface area (Å²) < 4.78 is 0. The van der Waals surface area contributed by atoms with Gasteiger partial charge in [-0.25, -0.2) is 4.79 Å². The second-order valence-corrected chi connectivity index (χ2v) is 4.87. The number of hydrogen-bond donors (Lipinski definition) is 4. The van der Waals surface area contributed by atoms with Crippen molar-refractivity contribution >= 4 is 28.4 Å². The number of urea groups is 1. The highest BCUT2D eigenvalue weighted by atomic mass is 16.2. The largest absolute Gasteiger partial charge is 0.366 e. The minimum atomic E-state index is -0.608. The molecule has 0 radical (unpaired) electrons. The summed E-state index contributed by atoms with van der Waals surface area (Å²) in [6.45, 7) is 0. The van der Waals surface area contributed by atoms with Crippen LogP contribution < -0.4 is 22.3 Å². The molecular weight excluding hydrogens is 304 g/mol. The third kappa shape index (κ3) is 4.74. The summed E-state index contributed by atoms with van der Waals surface area (Å²) in [7, 11) is 0. The van der Waals surface area contributed by atoms with Crippen LogP contribution in [0.4, 0.5) is 10.5 Å². The van der Waals surface area contributed by atoms with Crippen LogP contribution in [0.5, 0.6) is 0 Å². The lowest BCUT2D eigenvalue weighted by Gasteiger charge is -2.08. The zero-order chi connectivity index (χ0) is 17.4. The maximum atomic E-state index is 10.6. The van der Waals surface area contributed by atoms with Crippen molar-refractivity contribution in [1.29, 1.82) is 0 Å². The number of primary amides is 2. The molecule has 0 aromatic heterocycles. The number of amides is 3. The van der Waals surface area contributed by atoms with E-state index in [0.29, 0.717) is 5.56 Å². The van der Waals surface area contributed by atoms with Gasteiger partial charge in [-0.05, 0) is 23.6 Å². The van der Waals surface area contributed by atoms with Crippen molar-refractivity contribution < 1.29 is 9.59 Å². The van der Waals surface area contributed by atoms with Gasteiger partial charge in [0, 0.05) is 10.9 Å². The van der Waals surface area contributed by atoms with E-state index in [4.69, 9.17) is 11.5 Å². The van der Waals surface area contributed by atoms with Crippen molar-refractivity contribution in [2.45, 2.75) is 0 Å². The van der Waals surface area contributed by atoms with Crippen LogP contribution in [0.3, 0.4) is 0 Å². The van der Waals surface area contributed by atoms with Crippen LogP contribution >= 0.6 is 0 Å². The lowest BCUT2D eigenvalue weighted by Crippen LogP contribution is -2.34. The van der Waals surface area contributed by atoms with E-state index in [1.807, 2.05) is 48.5 Å². The molecule has 6 N–H and O–H groups in total. The van der Waals surface area contributed by atoms with E-state index < -0.39 is 6.03 Å². The number of rotatable bonds is 3. The van der Waals surface area contributed by atoms with Crippen molar-refractivity contribution in [3.8, 4) is 0 Å². The Morgan fingerprint density at radius 3 is 2.00 bits per heavy atom. The maximum absolute atomic E-state index is 10.6. The number of carbonyl (C=O) groups is 2. The molecule has 0 fully saturated rings. The second-order valence-electron chi connectivity index (χ2n) is 4.87. The Kier molecular flexibility index (Phi) is 5.74. The van der Waals surface area contributed by atoms with Gasteiger partial charge in [0.2, 0.25) is 5.91 Å². The van der Waals surface area contributed by atoms with Crippen molar-refractivity contribution in [2.75, 3.05) is 5.43 Å². The van der Waals surface area contributed by atoms with Crippen LogP contribution in [0.2, 0.25) is 0 Å². The fourth-order valence-corrected chi connectivity index (χ4v) is 2.07. The maximum Gasteiger partial charge on any atom is 0.330 e. The first-order valence-electron chi connectivity index (χ1n) is 7.22. The van der Waals surface area contributed by atoms with Crippen LogP contribution in [0.15, 0.2) is 72.8 Å². The Morgan fingerprint density at radius 2 is 1.38 bits per heavy atom. The summed E-state index contributed by atoms with van der Waals surface area (Å²) in [5, 5.41) is 2.14. The molecule has 24 heavy (non-hydrogen) atoms. The van der Waals surface area contributed by atoms with Crippen molar-refractivity contribution in [1.82, 2.24) is 5.43 Å². The number of hydrazine groups is 1. The molecule has 0 unspecified atom stereocenters. The molecule has 0 aliphatic heterocycles. The van der Waals surface area contributed by atoms with Crippen LogP contribution in [-0.4, -0.2) is 11.9 Å². The Labute approximate surface area is 139 Å². The number of anilines is 1. The van der Waals surface area contributed by atoms with E-state index >= 15 is 0 Å². The highest BCUT2D eigenvalue weighted by Gasteiger charge is 1.99. The highest BCUT2D eigenvalue weighted by molar-refractivity contribution is 5.94. The Hall–Kier alpha value is -3.54. The minimum absolute atomic E-state index is 0.379. The van der Waals surface area contributed by atoms with E-state index in [9.17, 15) is 9.59 Å². The van der Waals surface area contributed by atoms with Gasteiger partial charge in [-0.15, -0.1) is 0 Å². The molecule has 0 spiro atoms. The van der Waals surface area contributed by atoms with Gasteiger partial charge in [0.15, 0.2) is 0 Å². The van der Waals surface area contributed by atoms with Gasteiger partial charge in [-0.3, -0.25) is 15.6 Å². The van der Waals surface area contributed by atoms with Crippen molar-refractivity contribution in [3.63, 3.8) is 0 Å². The highest BCUT2D eigenvalue weighted by Crippen LogP contribution is 2.21. The topological polar surface area (TPSA) is 110 Å². The second kappa shape index (κ2) is 8.19. The minimum Gasteiger partial charge on any atom is -0.366 e. The first-order valence-corrected chi connectivity index (χ1v) is 7.22. The van der Waals surface area contributed by atoms with Crippen LogP contribution in [0, 0.1) is 0 Å². The molecule has 0 heterocycles. The van der Waals surface area contributed by atoms with Crippen molar-refractivity contribution in [3.05, 3.63) is 78.4 Å². The Morgan fingerprint density at radius 1 is 0.750 bits per heavy atom. The van der Waals surface area contributed by atoms with E-state index in [1.165, 1.54) is 0 Å². The summed E-state index contributed by atoms with van der Waals surface area (Å²) >= 11 is 0. The average molecular weight is 322 g/mol. The molecule has 3 aromatic rings. The van der Waals surface area contributed by atoms with Crippen molar-refractivity contribution in [2.24, 2.45) is 11.5 Å². The molecule has 0 atom stereocenters. The summed E-state index contributed by atoms with van der Waals surface area (Å²) in [5.41, 5.74) is 16.4. The van der Waals surface area contributed by atoms with Gasteiger partial charge in [0.1, 0.15) is 0 Å². The Bertz CT molecular complexity index is 829. The molecular formula is C18H18N4O2. The predicted molar refractivity (Wildman–Crippen MR) is 95.2 cm³/mol. The quantitative estimate of drug-likeness (QED) is 0.556. The number of carbonyl (C=O) groups excluding carboxylic acids is 2. The molecule has 0 saturated heterocycles. The lowest BCUT2D eigenvalue weighted by molar-refractivity contribution is 0.1000. The van der Waals surface area contributed by atoms with E-state index in [-0.39, 0.29) is 5.91 Å². The summed E-state index contributed by atoms with van der Waals surface area (Å²) in [6, 6.07) is 21.8. The van der Waals surface area contributed by atoms with Gasteiger partial charge in [0.25, 0.3) is 0 Å². The third-order valence-corrected chi connectivity index (χ3v) is 3.17. The van der Waals surface area contributed by atoms with E-state index in [1.54, 1.807) is 24.3 Å². The van der Waals surface area contributed by atoms with Gasteiger partial charge < -0.3 is 11.5 Å². The zero-order valence-corrected chi connectivity index (χ0v) is 12.9. The van der Waals surface area contributed by atoms with Crippen LogP contribution in [0.1, 0.15) is 10.4 Å². The predicted octanol–water partition coefficient (Wildman–Crippen LogP) is 2.62. The van der Waals surface area contributed by atoms with E-state index in [2.05, 4.69) is 10.9 Å². The molecule has 0 bridgehead atoms. The van der Waals surface area contributed by atoms with Gasteiger partial charge in [-0.2, -0.15) is 0 Å². The van der Waals surface area contributed by atoms with Gasteiger partial charge in [0.05, 0.1) is 5.69 Å². The SMILES string of the molecule is NC(=O)NNc1cccc2ccccc12.NC(=O)c1ccccc1. The summed E-state index contributed by atoms with van der Waals surface area (Å²) in [4.78, 5) is 21.0. The fourth-order valence-electron chi connectivity index (χ4n) is 2.07. The number of nitrogens with two attached hydrogens (primary N) is 2.